The van der Waals surface area contributed by atoms with Crippen LogP contribution in [0.4, 0.5) is 0 Å². The Balaban J connectivity index is 2.50. The van der Waals surface area contributed by atoms with Crippen molar-refractivity contribution >= 4 is 17.1 Å². The van der Waals surface area contributed by atoms with Crippen molar-refractivity contribution in [3.63, 3.8) is 0 Å². The predicted molar refractivity (Wildman–Crippen MR) is 54.7 cm³/mol. The Kier molecular flexibility index (Phi) is 2.41. The maximum atomic E-state index is 10.5. The largest absolute Gasteiger partial charge is 0.481 e. The Morgan fingerprint density at radius 1 is 1.53 bits per heavy atom. The Bertz CT molecular complexity index is 502. The SMILES string of the molecule is CCc1cccc2oc(CC(=O)O)nc12. The molecule has 0 atom stereocenters. The zero-order chi connectivity index (χ0) is 10.8. The number of carboxylic acids is 1. The second kappa shape index (κ2) is 3.73. The molecule has 0 aliphatic rings. The standard InChI is InChI=1S/C11H11NO3/c1-2-7-4-3-5-8-11(7)12-9(15-8)6-10(13)14/h3-5H,2,6H2,1H3,(H,13,14). The maximum absolute atomic E-state index is 10.5. The van der Waals surface area contributed by atoms with E-state index in [0.717, 1.165) is 17.5 Å². The van der Waals surface area contributed by atoms with Crippen LogP contribution in [0, 0.1) is 0 Å². The minimum Gasteiger partial charge on any atom is -0.481 e. The highest BCUT2D eigenvalue weighted by Crippen LogP contribution is 2.20. The Morgan fingerprint density at radius 2 is 2.33 bits per heavy atom. The van der Waals surface area contributed by atoms with Crippen LogP contribution < -0.4 is 0 Å². The molecule has 0 spiro atoms. The summed E-state index contributed by atoms with van der Waals surface area (Å²) in [6.07, 6.45) is 0.689. The number of hydrogen-bond donors (Lipinski definition) is 1. The van der Waals surface area contributed by atoms with Crippen molar-refractivity contribution in [3.05, 3.63) is 29.7 Å². The second-order valence-electron chi connectivity index (χ2n) is 3.30. The molecule has 0 aliphatic heterocycles. The van der Waals surface area contributed by atoms with Crippen molar-refractivity contribution in [1.82, 2.24) is 4.98 Å². The fraction of sp³-hybridized carbons (Fsp3) is 0.273. The van der Waals surface area contributed by atoms with E-state index in [9.17, 15) is 4.79 Å². The molecule has 0 saturated heterocycles. The molecule has 0 amide bonds. The molecule has 1 N–H and O–H groups in total. The number of carbonyl (C=O) groups is 1. The van der Waals surface area contributed by atoms with Crippen LogP contribution in [-0.2, 0) is 17.6 Å². The van der Waals surface area contributed by atoms with Gasteiger partial charge in [-0.3, -0.25) is 4.79 Å². The molecule has 4 nitrogen and oxygen atoms in total. The second-order valence-corrected chi connectivity index (χ2v) is 3.30. The molecule has 2 aromatic rings. The number of oxazole rings is 1. The highest BCUT2D eigenvalue weighted by molar-refractivity contribution is 5.77. The van der Waals surface area contributed by atoms with Crippen LogP contribution in [-0.4, -0.2) is 16.1 Å². The molecule has 0 unspecified atom stereocenters. The van der Waals surface area contributed by atoms with Gasteiger partial charge in [-0.15, -0.1) is 0 Å². The van der Waals surface area contributed by atoms with Crippen LogP contribution >= 0.6 is 0 Å². The van der Waals surface area contributed by atoms with Crippen LogP contribution in [0.15, 0.2) is 22.6 Å². The first-order chi connectivity index (χ1) is 7.20. The molecule has 0 radical (unpaired) electrons. The quantitative estimate of drug-likeness (QED) is 0.832. The number of fused-ring (bicyclic) bond motifs is 1. The molecule has 78 valence electrons. The van der Waals surface area contributed by atoms with Gasteiger partial charge in [0.15, 0.2) is 5.58 Å². The third-order valence-corrected chi connectivity index (χ3v) is 2.23. The van der Waals surface area contributed by atoms with E-state index >= 15 is 0 Å². The molecule has 0 aliphatic carbocycles. The van der Waals surface area contributed by atoms with Crippen LogP contribution in [0.3, 0.4) is 0 Å². The highest BCUT2D eigenvalue weighted by atomic mass is 16.4. The van der Waals surface area contributed by atoms with Gasteiger partial charge in [0.1, 0.15) is 11.9 Å². The molecule has 1 aromatic heterocycles. The number of para-hydroxylation sites is 1. The lowest BCUT2D eigenvalue weighted by atomic mass is 10.1. The van der Waals surface area contributed by atoms with Crippen LogP contribution in [0.5, 0.6) is 0 Å². The molecule has 1 heterocycles. The first kappa shape index (κ1) is 9.71. The minimum absolute atomic E-state index is 0.169. The number of benzene rings is 1. The van der Waals surface area contributed by atoms with Crippen LogP contribution in [0.25, 0.3) is 11.1 Å². The van der Waals surface area contributed by atoms with E-state index in [1.54, 1.807) is 6.07 Å². The lowest BCUT2D eigenvalue weighted by Crippen LogP contribution is -1.99. The van der Waals surface area contributed by atoms with Crippen LogP contribution in [0.1, 0.15) is 18.4 Å². The molecule has 2 rings (SSSR count). The van der Waals surface area contributed by atoms with Crippen LogP contribution in [0.2, 0.25) is 0 Å². The average molecular weight is 205 g/mol. The summed E-state index contributed by atoms with van der Waals surface area (Å²) >= 11 is 0. The summed E-state index contributed by atoms with van der Waals surface area (Å²) in [5, 5.41) is 8.62. The fourth-order valence-corrected chi connectivity index (χ4v) is 1.54. The monoisotopic (exact) mass is 205 g/mol. The highest BCUT2D eigenvalue weighted by Gasteiger charge is 2.11. The van der Waals surface area contributed by atoms with Crippen molar-refractivity contribution in [1.29, 1.82) is 0 Å². The molecule has 1 aromatic carbocycles. The molecular weight excluding hydrogens is 194 g/mol. The van der Waals surface area contributed by atoms with Gasteiger partial charge >= 0.3 is 5.97 Å². The summed E-state index contributed by atoms with van der Waals surface area (Å²) in [7, 11) is 0. The summed E-state index contributed by atoms with van der Waals surface area (Å²) in [5.74, 6) is -0.669. The van der Waals surface area contributed by atoms with Gasteiger partial charge in [0.05, 0.1) is 0 Å². The lowest BCUT2D eigenvalue weighted by molar-refractivity contribution is -0.136. The van der Waals surface area contributed by atoms with E-state index in [2.05, 4.69) is 4.98 Å². The number of carboxylic acid groups (broad SMARTS) is 1. The van der Waals surface area contributed by atoms with Gasteiger partial charge < -0.3 is 9.52 Å². The minimum atomic E-state index is -0.931. The van der Waals surface area contributed by atoms with E-state index in [1.165, 1.54) is 0 Å². The third-order valence-electron chi connectivity index (χ3n) is 2.23. The molecule has 4 heteroatoms. The van der Waals surface area contributed by atoms with Gasteiger partial charge in [-0.2, -0.15) is 0 Å². The van der Waals surface area contributed by atoms with Crippen molar-refractivity contribution < 1.29 is 14.3 Å². The number of rotatable bonds is 3. The first-order valence-electron chi connectivity index (χ1n) is 4.79. The zero-order valence-electron chi connectivity index (χ0n) is 8.36. The number of aromatic nitrogens is 1. The van der Waals surface area contributed by atoms with E-state index < -0.39 is 5.97 Å². The van der Waals surface area contributed by atoms with Gasteiger partial charge in [-0.25, -0.2) is 4.98 Å². The summed E-state index contributed by atoms with van der Waals surface area (Å²) in [6.45, 7) is 2.03. The molecule has 0 saturated carbocycles. The summed E-state index contributed by atoms with van der Waals surface area (Å²) in [6, 6.07) is 5.65. The average Bonchev–Trinajstić information content (AvgIpc) is 2.58. The Labute approximate surface area is 86.5 Å². The maximum Gasteiger partial charge on any atom is 0.312 e. The van der Waals surface area contributed by atoms with E-state index in [1.807, 2.05) is 19.1 Å². The van der Waals surface area contributed by atoms with Gasteiger partial charge in [0.2, 0.25) is 5.89 Å². The van der Waals surface area contributed by atoms with Crippen molar-refractivity contribution in [2.75, 3.05) is 0 Å². The fourth-order valence-electron chi connectivity index (χ4n) is 1.54. The number of hydrogen-bond acceptors (Lipinski definition) is 3. The number of nitrogens with zero attached hydrogens (tertiary/aromatic N) is 1. The lowest BCUT2D eigenvalue weighted by Gasteiger charge is -1.93. The predicted octanol–water partition coefficient (Wildman–Crippen LogP) is 2.02. The summed E-state index contributed by atoms with van der Waals surface area (Å²) < 4.78 is 5.33. The normalized spacial score (nSPS) is 10.7. The van der Waals surface area contributed by atoms with Gasteiger partial charge in [0, 0.05) is 0 Å². The molecule has 15 heavy (non-hydrogen) atoms. The van der Waals surface area contributed by atoms with E-state index in [0.29, 0.717) is 5.58 Å². The number of aliphatic carboxylic acids is 1. The smallest absolute Gasteiger partial charge is 0.312 e. The Morgan fingerprint density at radius 3 is 3.00 bits per heavy atom. The van der Waals surface area contributed by atoms with Crippen molar-refractivity contribution in [2.45, 2.75) is 19.8 Å². The van der Waals surface area contributed by atoms with E-state index in [-0.39, 0.29) is 12.3 Å². The van der Waals surface area contributed by atoms with Gasteiger partial charge in [-0.05, 0) is 18.1 Å². The van der Waals surface area contributed by atoms with Gasteiger partial charge in [-0.1, -0.05) is 19.1 Å². The van der Waals surface area contributed by atoms with Crippen molar-refractivity contribution in [2.24, 2.45) is 0 Å². The summed E-state index contributed by atoms with van der Waals surface area (Å²) in [4.78, 5) is 14.7. The molecule has 0 bridgehead atoms. The molecular formula is C11H11NO3. The first-order valence-corrected chi connectivity index (χ1v) is 4.79. The number of aryl methyl sites for hydroxylation is 1. The topological polar surface area (TPSA) is 63.3 Å². The molecule has 0 fully saturated rings. The van der Waals surface area contributed by atoms with Crippen molar-refractivity contribution in [3.8, 4) is 0 Å². The Hall–Kier alpha value is -1.84. The van der Waals surface area contributed by atoms with E-state index in [4.69, 9.17) is 9.52 Å². The third kappa shape index (κ3) is 1.83. The zero-order valence-corrected chi connectivity index (χ0v) is 8.36. The summed E-state index contributed by atoms with van der Waals surface area (Å²) in [5.41, 5.74) is 2.51. The van der Waals surface area contributed by atoms with Gasteiger partial charge in [0.25, 0.3) is 0 Å².